The van der Waals surface area contributed by atoms with E-state index < -0.39 is 4.92 Å². The average molecular weight is 219 g/mol. The van der Waals surface area contributed by atoms with Gasteiger partial charge in [-0.1, -0.05) is 6.08 Å². The number of fused-ring (bicyclic) bond motifs is 1. The van der Waals surface area contributed by atoms with E-state index in [2.05, 4.69) is 10.6 Å². The maximum atomic E-state index is 11.4. The van der Waals surface area contributed by atoms with Gasteiger partial charge < -0.3 is 10.6 Å². The van der Waals surface area contributed by atoms with Crippen molar-refractivity contribution >= 4 is 23.0 Å². The van der Waals surface area contributed by atoms with Gasteiger partial charge in [0.25, 0.3) is 11.6 Å². The Labute approximate surface area is 91.1 Å². The quantitative estimate of drug-likeness (QED) is 0.429. The van der Waals surface area contributed by atoms with E-state index in [1.807, 2.05) is 0 Å². The first-order chi connectivity index (χ1) is 7.61. The Kier molecular flexibility index (Phi) is 2.32. The minimum Gasteiger partial charge on any atom is -0.349 e. The van der Waals surface area contributed by atoms with Gasteiger partial charge >= 0.3 is 0 Å². The second kappa shape index (κ2) is 3.65. The van der Waals surface area contributed by atoms with E-state index >= 15 is 0 Å². The van der Waals surface area contributed by atoms with Gasteiger partial charge in [-0.15, -0.1) is 0 Å². The summed E-state index contributed by atoms with van der Waals surface area (Å²) in [5.41, 5.74) is 1.44. The van der Waals surface area contributed by atoms with Crippen LogP contribution in [0.5, 0.6) is 0 Å². The molecule has 0 radical (unpaired) electrons. The monoisotopic (exact) mass is 219 g/mol. The molecule has 1 aromatic rings. The predicted octanol–water partition coefficient (Wildman–Crippen LogP) is 1.86. The summed E-state index contributed by atoms with van der Waals surface area (Å²) in [5, 5.41) is 16.0. The summed E-state index contributed by atoms with van der Waals surface area (Å²) >= 11 is 0. The first-order valence-corrected chi connectivity index (χ1v) is 4.65. The fourth-order valence-corrected chi connectivity index (χ4v) is 1.45. The summed E-state index contributed by atoms with van der Waals surface area (Å²) in [4.78, 5) is 21.5. The van der Waals surface area contributed by atoms with Gasteiger partial charge in [-0.3, -0.25) is 14.9 Å². The molecule has 0 aromatic heterocycles. The number of allylic oxidation sites excluding steroid dienone is 1. The van der Waals surface area contributed by atoms with Gasteiger partial charge in [0.2, 0.25) is 0 Å². The lowest BCUT2D eigenvalue weighted by atomic mass is 10.2. The molecule has 1 aromatic carbocycles. The summed E-state index contributed by atoms with van der Waals surface area (Å²) in [6.45, 7) is 1.71. The van der Waals surface area contributed by atoms with Crippen molar-refractivity contribution in [2.45, 2.75) is 6.92 Å². The molecule has 16 heavy (non-hydrogen) atoms. The third-order valence-corrected chi connectivity index (χ3v) is 2.26. The normalized spacial score (nSPS) is 16.3. The molecule has 1 amide bonds. The summed E-state index contributed by atoms with van der Waals surface area (Å²) < 4.78 is 0. The number of rotatable bonds is 1. The number of nitrogens with zero attached hydrogens (tertiary/aromatic N) is 1. The van der Waals surface area contributed by atoms with E-state index in [1.165, 1.54) is 18.2 Å². The zero-order valence-corrected chi connectivity index (χ0v) is 8.48. The minimum atomic E-state index is -0.478. The Morgan fingerprint density at radius 2 is 2.06 bits per heavy atom. The molecule has 2 rings (SSSR count). The molecule has 0 fully saturated rings. The Balaban J connectivity index is 2.45. The van der Waals surface area contributed by atoms with Crippen LogP contribution in [0.4, 0.5) is 17.1 Å². The van der Waals surface area contributed by atoms with Gasteiger partial charge in [-0.2, -0.15) is 0 Å². The van der Waals surface area contributed by atoms with Crippen LogP contribution in [0.15, 0.2) is 30.0 Å². The van der Waals surface area contributed by atoms with Crippen molar-refractivity contribution in [1.82, 2.24) is 0 Å². The van der Waals surface area contributed by atoms with E-state index in [1.54, 1.807) is 13.0 Å². The Morgan fingerprint density at radius 1 is 1.31 bits per heavy atom. The third kappa shape index (κ3) is 1.60. The van der Waals surface area contributed by atoms with Crippen LogP contribution in [-0.4, -0.2) is 10.8 Å². The van der Waals surface area contributed by atoms with Crippen molar-refractivity contribution in [3.63, 3.8) is 0 Å². The van der Waals surface area contributed by atoms with Crippen molar-refractivity contribution in [2.24, 2.45) is 0 Å². The molecule has 0 bridgehead atoms. The van der Waals surface area contributed by atoms with Crippen molar-refractivity contribution in [3.05, 3.63) is 40.1 Å². The molecular formula is C10H9N3O3. The van der Waals surface area contributed by atoms with Crippen LogP contribution in [0.25, 0.3) is 0 Å². The maximum absolute atomic E-state index is 11.4. The van der Waals surface area contributed by atoms with Crippen LogP contribution in [0.2, 0.25) is 0 Å². The molecule has 0 atom stereocenters. The molecular weight excluding hydrogens is 210 g/mol. The minimum absolute atomic E-state index is 0.0159. The lowest BCUT2D eigenvalue weighted by molar-refractivity contribution is -0.384. The number of anilines is 2. The van der Waals surface area contributed by atoms with Crippen molar-refractivity contribution in [2.75, 3.05) is 10.6 Å². The molecule has 0 saturated carbocycles. The van der Waals surface area contributed by atoms with E-state index in [0.717, 1.165) is 0 Å². The van der Waals surface area contributed by atoms with E-state index in [4.69, 9.17) is 0 Å². The molecule has 0 saturated heterocycles. The van der Waals surface area contributed by atoms with E-state index in [9.17, 15) is 14.9 Å². The fourth-order valence-electron chi connectivity index (χ4n) is 1.45. The molecule has 6 nitrogen and oxygen atoms in total. The van der Waals surface area contributed by atoms with Gasteiger partial charge in [0.15, 0.2) is 0 Å². The highest BCUT2D eigenvalue weighted by Gasteiger charge is 2.20. The van der Waals surface area contributed by atoms with E-state index in [-0.39, 0.29) is 11.6 Å². The molecule has 1 aliphatic rings. The zero-order valence-electron chi connectivity index (χ0n) is 8.48. The molecule has 1 heterocycles. The average Bonchev–Trinajstić information content (AvgIpc) is 2.27. The Morgan fingerprint density at radius 3 is 2.69 bits per heavy atom. The topological polar surface area (TPSA) is 84.3 Å². The second-order valence-corrected chi connectivity index (χ2v) is 3.27. The SMILES string of the molecule is C/C=C1/Nc2cc([N+](=O)[O-])ccc2NC1=O. The summed E-state index contributed by atoms with van der Waals surface area (Å²) in [7, 11) is 0. The molecule has 1 aliphatic heterocycles. The first-order valence-electron chi connectivity index (χ1n) is 4.65. The predicted molar refractivity (Wildman–Crippen MR) is 59.1 cm³/mol. The lowest BCUT2D eigenvalue weighted by Crippen LogP contribution is -2.25. The number of carbonyl (C=O) groups is 1. The van der Waals surface area contributed by atoms with Crippen LogP contribution < -0.4 is 10.6 Å². The van der Waals surface area contributed by atoms with Gasteiger partial charge in [0.1, 0.15) is 5.70 Å². The zero-order chi connectivity index (χ0) is 11.7. The number of hydrogen-bond acceptors (Lipinski definition) is 4. The van der Waals surface area contributed by atoms with Crippen LogP contribution in [0.1, 0.15) is 6.92 Å². The van der Waals surface area contributed by atoms with Crippen molar-refractivity contribution < 1.29 is 9.72 Å². The highest BCUT2D eigenvalue weighted by atomic mass is 16.6. The van der Waals surface area contributed by atoms with Crippen molar-refractivity contribution in [3.8, 4) is 0 Å². The standard InChI is InChI=1S/C10H9N3O3/c1-2-7-10(14)12-8-4-3-6(13(15)16)5-9(8)11-7/h2-5,11H,1H3,(H,12,14)/b7-2+. The third-order valence-electron chi connectivity index (χ3n) is 2.26. The summed E-state index contributed by atoms with van der Waals surface area (Å²) in [5.74, 6) is -0.246. The highest BCUT2D eigenvalue weighted by Crippen LogP contribution is 2.31. The maximum Gasteiger partial charge on any atom is 0.271 e. The smallest absolute Gasteiger partial charge is 0.271 e. The van der Waals surface area contributed by atoms with Crippen LogP contribution in [0, 0.1) is 10.1 Å². The number of carbonyl (C=O) groups excluding carboxylic acids is 1. The van der Waals surface area contributed by atoms with Crippen LogP contribution in [-0.2, 0) is 4.79 Å². The summed E-state index contributed by atoms with van der Waals surface area (Å²) in [6, 6.07) is 4.24. The number of nitro groups is 1. The fraction of sp³-hybridized carbons (Fsp3) is 0.100. The first kappa shape index (κ1) is 10.2. The van der Waals surface area contributed by atoms with Gasteiger partial charge in [-0.25, -0.2) is 0 Å². The second-order valence-electron chi connectivity index (χ2n) is 3.27. The lowest BCUT2D eigenvalue weighted by Gasteiger charge is -2.20. The Bertz CT molecular complexity index is 508. The van der Waals surface area contributed by atoms with Gasteiger partial charge in [0.05, 0.1) is 16.3 Å². The van der Waals surface area contributed by atoms with Crippen LogP contribution in [0.3, 0.4) is 0 Å². The Hall–Kier alpha value is -2.37. The molecule has 2 N–H and O–H groups in total. The molecule has 82 valence electrons. The molecule has 0 unspecified atom stereocenters. The molecule has 0 spiro atoms. The molecule has 6 heteroatoms. The largest absolute Gasteiger partial charge is 0.349 e. The number of amides is 1. The number of hydrogen-bond donors (Lipinski definition) is 2. The number of benzene rings is 1. The number of nitro benzene ring substituents is 1. The van der Waals surface area contributed by atoms with E-state index in [0.29, 0.717) is 17.1 Å². The number of nitrogens with one attached hydrogen (secondary N) is 2. The van der Waals surface area contributed by atoms with Crippen molar-refractivity contribution in [1.29, 1.82) is 0 Å². The van der Waals surface area contributed by atoms with Crippen LogP contribution >= 0.6 is 0 Å². The van der Waals surface area contributed by atoms with Gasteiger partial charge in [0, 0.05) is 12.1 Å². The number of non-ortho nitro benzene ring substituents is 1. The molecule has 0 aliphatic carbocycles. The summed E-state index contributed by atoms with van der Waals surface area (Å²) in [6.07, 6.45) is 1.61. The van der Waals surface area contributed by atoms with Gasteiger partial charge in [-0.05, 0) is 13.0 Å². The highest BCUT2D eigenvalue weighted by molar-refractivity contribution is 6.11.